The predicted molar refractivity (Wildman–Crippen MR) is 86.7 cm³/mol. The van der Waals surface area contributed by atoms with Gasteiger partial charge in [-0.3, -0.25) is 0 Å². The minimum atomic E-state index is 0.326. The highest BCUT2D eigenvalue weighted by Gasteiger charge is 2.20. The van der Waals surface area contributed by atoms with Crippen molar-refractivity contribution in [1.29, 1.82) is 0 Å². The topological polar surface area (TPSA) is 61.3 Å². The van der Waals surface area contributed by atoms with Crippen molar-refractivity contribution in [2.24, 2.45) is 17.4 Å². The average molecular weight is 299 g/mol. The molecule has 0 saturated carbocycles. The molecule has 3 nitrogen and oxygen atoms in total. The van der Waals surface area contributed by atoms with Gasteiger partial charge < -0.3 is 16.2 Å². The van der Waals surface area contributed by atoms with Crippen LogP contribution in [-0.2, 0) is 0 Å². The Morgan fingerprint density at radius 3 is 2.35 bits per heavy atom. The molecule has 4 N–H and O–H groups in total. The molecule has 0 radical (unpaired) electrons. The number of benzene rings is 1. The van der Waals surface area contributed by atoms with E-state index in [1.165, 1.54) is 5.56 Å². The largest absolute Gasteiger partial charge is 0.494 e. The molecule has 1 rings (SSSR count). The van der Waals surface area contributed by atoms with Crippen molar-refractivity contribution < 1.29 is 4.74 Å². The van der Waals surface area contributed by atoms with Crippen molar-refractivity contribution in [3.05, 3.63) is 27.8 Å². The molecule has 0 aliphatic heterocycles. The van der Waals surface area contributed by atoms with Crippen molar-refractivity contribution in [2.75, 3.05) is 19.7 Å². The van der Waals surface area contributed by atoms with E-state index >= 15 is 0 Å². The Hall–Kier alpha value is -0.770. The molecule has 0 heterocycles. The zero-order valence-electron chi connectivity index (χ0n) is 13.0. The van der Waals surface area contributed by atoms with Gasteiger partial charge in [0.1, 0.15) is 5.75 Å². The number of hydrogen-bond donors (Lipinski definition) is 2. The summed E-state index contributed by atoms with van der Waals surface area (Å²) in [6.07, 6.45) is 0.952. The molecule has 0 aliphatic carbocycles. The van der Waals surface area contributed by atoms with Crippen LogP contribution in [0, 0.1) is 19.8 Å². The Balaban J connectivity index is 3.16. The number of rotatable bonds is 7. The normalized spacial score (nSPS) is 12.8. The maximum Gasteiger partial charge on any atom is 0.123 e. The minimum absolute atomic E-state index is 0.326. The van der Waals surface area contributed by atoms with E-state index in [0.29, 0.717) is 31.5 Å². The molecular weight excluding hydrogens is 272 g/mol. The number of halogens is 1. The Bertz CT molecular complexity index is 445. The molecule has 0 amide bonds. The first-order valence-corrected chi connectivity index (χ1v) is 7.66. The highest BCUT2D eigenvalue weighted by molar-refractivity contribution is 6.32. The van der Waals surface area contributed by atoms with E-state index in [-0.39, 0.29) is 0 Å². The maximum atomic E-state index is 6.40. The lowest BCUT2D eigenvalue weighted by atomic mass is 9.86. The van der Waals surface area contributed by atoms with Crippen LogP contribution in [0.2, 0.25) is 5.02 Å². The van der Waals surface area contributed by atoms with Crippen molar-refractivity contribution in [3.63, 3.8) is 0 Å². The summed E-state index contributed by atoms with van der Waals surface area (Å²) >= 11 is 6.40. The molecule has 1 aromatic rings. The van der Waals surface area contributed by atoms with Gasteiger partial charge in [0, 0.05) is 10.6 Å². The molecule has 0 saturated heterocycles. The molecular formula is C16H27ClN2O. The zero-order chi connectivity index (χ0) is 15.3. The molecule has 1 unspecified atom stereocenters. The SMILES string of the molecule is CCOc1cc(C)c(Cl)c(C)c1C(C)CC(CN)CN. The lowest BCUT2D eigenvalue weighted by molar-refractivity contribution is 0.331. The van der Waals surface area contributed by atoms with E-state index in [1.807, 2.05) is 19.9 Å². The second-order valence-electron chi connectivity index (χ2n) is 5.45. The fraction of sp³-hybridized carbons (Fsp3) is 0.625. The molecule has 0 aromatic heterocycles. The summed E-state index contributed by atoms with van der Waals surface area (Å²) in [5, 5.41) is 0.826. The fourth-order valence-electron chi connectivity index (χ4n) is 2.73. The van der Waals surface area contributed by atoms with E-state index in [1.54, 1.807) is 0 Å². The molecule has 20 heavy (non-hydrogen) atoms. The van der Waals surface area contributed by atoms with Crippen LogP contribution in [0.3, 0.4) is 0 Å². The van der Waals surface area contributed by atoms with Crippen LogP contribution < -0.4 is 16.2 Å². The molecule has 114 valence electrons. The number of aryl methyl sites for hydroxylation is 1. The molecule has 0 spiro atoms. The molecule has 0 aliphatic rings. The van der Waals surface area contributed by atoms with Crippen LogP contribution in [0.1, 0.15) is 42.9 Å². The average Bonchev–Trinajstić information content (AvgIpc) is 2.42. The van der Waals surface area contributed by atoms with Crippen LogP contribution in [0.15, 0.2) is 6.07 Å². The van der Waals surface area contributed by atoms with Crippen LogP contribution in [-0.4, -0.2) is 19.7 Å². The smallest absolute Gasteiger partial charge is 0.123 e. The van der Waals surface area contributed by atoms with Crippen molar-refractivity contribution in [1.82, 2.24) is 0 Å². The first kappa shape index (κ1) is 17.3. The first-order valence-electron chi connectivity index (χ1n) is 7.28. The third kappa shape index (κ3) is 3.87. The van der Waals surface area contributed by atoms with Gasteiger partial charge in [0.2, 0.25) is 0 Å². The minimum Gasteiger partial charge on any atom is -0.494 e. The molecule has 1 aromatic carbocycles. The molecule has 0 fully saturated rings. The van der Waals surface area contributed by atoms with Gasteiger partial charge in [-0.25, -0.2) is 0 Å². The fourth-order valence-corrected chi connectivity index (χ4v) is 2.89. The van der Waals surface area contributed by atoms with Gasteiger partial charge in [-0.2, -0.15) is 0 Å². The van der Waals surface area contributed by atoms with Crippen molar-refractivity contribution >= 4 is 11.6 Å². The highest BCUT2D eigenvalue weighted by Crippen LogP contribution is 2.38. The van der Waals surface area contributed by atoms with Gasteiger partial charge in [0.15, 0.2) is 0 Å². The lowest BCUT2D eigenvalue weighted by Gasteiger charge is -2.24. The van der Waals surface area contributed by atoms with Gasteiger partial charge in [0.25, 0.3) is 0 Å². The van der Waals surface area contributed by atoms with Gasteiger partial charge in [0.05, 0.1) is 6.61 Å². The second-order valence-corrected chi connectivity index (χ2v) is 5.83. The van der Waals surface area contributed by atoms with Crippen LogP contribution in [0.4, 0.5) is 0 Å². The van der Waals surface area contributed by atoms with Crippen LogP contribution >= 0.6 is 11.6 Å². The van der Waals surface area contributed by atoms with Crippen LogP contribution in [0.25, 0.3) is 0 Å². The van der Waals surface area contributed by atoms with E-state index in [4.69, 9.17) is 27.8 Å². The van der Waals surface area contributed by atoms with Gasteiger partial charge >= 0.3 is 0 Å². The second kappa shape index (κ2) is 7.87. The number of nitrogens with two attached hydrogens (primary N) is 2. The zero-order valence-corrected chi connectivity index (χ0v) is 13.8. The number of ether oxygens (including phenoxy) is 1. The summed E-state index contributed by atoms with van der Waals surface area (Å²) < 4.78 is 5.80. The van der Waals surface area contributed by atoms with Gasteiger partial charge in [-0.15, -0.1) is 0 Å². The Morgan fingerprint density at radius 1 is 1.25 bits per heavy atom. The van der Waals surface area contributed by atoms with E-state index in [0.717, 1.165) is 28.3 Å². The summed E-state index contributed by atoms with van der Waals surface area (Å²) in [5.74, 6) is 1.60. The summed E-state index contributed by atoms with van der Waals surface area (Å²) in [7, 11) is 0. The standard InChI is InChI=1S/C16H27ClN2O/c1-5-20-14-7-11(3)16(17)12(4)15(14)10(2)6-13(8-18)9-19/h7,10,13H,5-6,8-9,18-19H2,1-4H3. The Labute approximate surface area is 127 Å². The third-order valence-electron chi connectivity index (χ3n) is 3.84. The molecule has 0 bridgehead atoms. The van der Waals surface area contributed by atoms with E-state index in [9.17, 15) is 0 Å². The Morgan fingerprint density at radius 2 is 1.85 bits per heavy atom. The summed E-state index contributed by atoms with van der Waals surface area (Å²) in [6, 6.07) is 2.03. The molecule has 1 atom stereocenters. The quantitative estimate of drug-likeness (QED) is 0.811. The summed E-state index contributed by atoms with van der Waals surface area (Å²) in [6.45, 7) is 10.1. The number of hydrogen-bond acceptors (Lipinski definition) is 3. The summed E-state index contributed by atoms with van der Waals surface area (Å²) in [4.78, 5) is 0. The van der Waals surface area contributed by atoms with E-state index < -0.39 is 0 Å². The highest BCUT2D eigenvalue weighted by atomic mass is 35.5. The van der Waals surface area contributed by atoms with Crippen LogP contribution in [0.5, 0.6) is 5.75 Å². The lowest BCUT2D eigenvalue weighted by Crippen LogP contribution is -2.25. The maximum absolute atomic E-state index is 6.40. The third-order valence-corrected chi connectivity index (χ3v) is 4.42. The van der Waals surface area contributed by atoms with E-state index in [2.05, 4.69) is 13.8 Å². The molecule has 4 heteroatoms. The van der Waals surface area contributed by atoms with Crippen molar-refractivity contribution in [2.45, 2.75) is 40.0 Å². The first-order chi connectivity index (χ1) is 9.46. The van der Waals surface area contributed by atoms with Gasteiger partial charge in [-0.05, 0) is 69.3 Å². The Kier molecular flexibility index (Phi) is 6.80. The predicted octanol–water partition coefficient (Wildman–Crippen LogP) is 3.38. The van der Waals surface area contributed by atoms with Gasteiger partial charge in [-0.1, -0.05) is 18.5 Å². The van der Waals surface area contributed by atoms with Crippen molar-refractivity contribution in [3.8, 4) is 5.75 Å². The monoisotopic (exact) mass is 298 g/mol. The summed E-state index contributed by atoms with van der Waals surface area (Å²) in [5.41, 5.74) is 14.9.